The molecule has 4 aromatic rings. The highest BCUT2D eigenvalue weighted by Crippen LogP contribution is 2.31. The minimum atomic E-state index is -0.221. The van der Waals surface area contributed by atoms with Crippen molar-refractivity contribution in [2.45, 2.75) is 12.1 Å². The summed E-state index contributed by atoms with van der Waals surface area (Å²) in [5, 5.41) is 13.6. The highest BCUT2D eigenvalue weighted by Gasteiger charge is 2.18. The van der Waals surface area contributed by atoms with Crippen LogP contribution in [0, 0.1) is 6.92 Å². The molecule has 0 radical (unpaired) electrons. The van der Waals surface area contributed by atoms with Crippen LogP contribution in [0.4, 0.5) is 5.69 Å². The van der Waals surface area contributed by atoms with Gasteiger partial charge in [-0.15, -0.1) is 10.2 Å². The first-order valence-corrected chi connectivity index (χ1v) is 11.7. The van der Waals surface area contributed by atoms with Crippen LogP contribution in [-0.4, -0.2) is 26.4 Å². The number of halogens is 3. The maximum atomic E-state index is 12.5. The van der Waals surface area contributed by atoms with Crippen molar-refractivity contribution in [3.8, 4) is 17.1 Å². The minimum absolute atomic E-state index is 0.124. The number of amides is 1. The van der Waals surface area contributed by atoms with E-state index in [4.69, 9.17) is 34.8 Å². The molecule has 0 aliphatic rings. The number of benzene rings is 3. The molecule has 1 amide bonds. The molecule has 0 aliphatic heterocycles. The molecule has 0 atom stereocenters. The lowest BCUT2D eigenvalue weighted by atomic mass is 10.1. The second kappa shape index (κ2) is 9.96. The van der Waals surface area contributed by atoms with Gasteiger partial charge in [-0.2, -0.15) is 0 Å². The van der Waals surface area contributed by atoms with E-state index in [-0.39, 0.29) is 11.7 Å². The summed E-state index contributed by atoms with van der Waals surface area (Å²) >= 11 is 19.7. The molecular formula is C23H17Cl3N4OS. The molecule has 162 valence electrons. The van der Waals surface area contributed by atoms with E-state index in [2.05, 4.69) is 15.5 Å². The lowest BCUT2D eigenvalue weighted by Crippen LogP contribution is -2.15. The Hall–Kier alpha value is -2.51. The van der Waals surface area contributed by atoms with Gasteiger partial charge in [0.15, 0.2) is 11.0 Å². The van der Waals surface area contributed by atoms with Crippen LogP contribution < -0.4 is 5.32 Å². The zero-order chi connectivity index (χ0) is 22.7. The van der Waals surface area contributed by atoms with Crippen molar-refractivity contribution in [3.63, 3.8) is 0 Å². The van der Waals surface area contributed by atoms with Gasteiger partial charge in [0.2, 0.25) is 5.91 Å². The van der Waals surface area contributed by atoms with Crippen molar-refractivity contribution in [2.24, 2.45) is 0 Å². The van der Waals surface area contributed by atoms with Gasteiger partial charge in [-0.25, -0.2) is 0 Å². The molecule has 0 unspecified atom stereocenters. The smallest absolute Gasteiger partial charge is 0.234 e. The Kier molecular flexibility index (Phi) is 7.06. The van der Waals surface area contributed by atoms with E-state index < -0.39 is 0 Å². The van der Waals surface area contributed by atoms with Crippen molar-refractivity contribution in [3.05, 3.63) is 87.4 Å². The summed E-state index contributed by atoms with van der Waals surface area (Å²) < 4.78 is 1.91. The van der Waals surface area contributed by atoms with Gasteiger partial charge in [0.1, 0.15) is 0 Å². The number of anilines is 1. The highest BCUT2D eigenvalue weighted by atomic mass is 35.5. The van der Waals surface area contributed by atoms with Crippen LogP contribution in [0.1, 0.15) is 5.56 Å². The van der Waals surface area contributed by atoms with Gasteiger partial charge in [0, 0.05) is 21.3 Å². The third-order valence-electron chi connectivity index (χ3n) is 4.62. The summed E-state index contributed by atoms with van der Waals surface area (Å²) in [6.07, 6.45) is 0. The Morgan fingerprint density at radius 1 is 0.969 bits per heavy atom. The Morgan fingerprint density at radius 2 is 1.75 bits per heavy atom. The van der Waals surface area contributed by atoms with Crippen molar-refractivity contribution < 1.29 is 4.79 Å². The number of nitrogens with zero attached hydrogens (tertiary/aromatic N) is 3. The van der Waals surface area contributed by atoms with Gasteiger partial charge in [0.25, 0.3) is 0 Å². The molecular weight excluding hydrogens is 487 g/mol. The highest BCUT2D eigenvalue weighted by molar-refractivity contribution is 7.99. The van der Waals surface area contributed by atoms with Gasteiger partial charge >= 0.3 is 0 Å². The molecule has 1 aromatic heterocycles. The zero-order valence-corrected chi connectivity index (χ0v) is 19.9. The lowest BCUT2D eigenvalue weighted by molar-refractivity contribution is -0.113. The van der Waals surface area contributed by atoms with Gasteiger partial charge in [-0.3, -0.25) is 9.36 Å². The first-order valence-electron chi connectivity index (χ1n) is 9.57. The number of para-hydroxylation sites is 1. The third-order valence-corrected chi connectivity index (χ3v) is 6.50. The van der Waals surface area contributed by atoms with Crippen molar-refractivity contribution >= 4 is 58.2 Å². The average molecular weight is 504 g/mol. The largest absolute Gasteiger partial charge is 0.324 e. The molecule has 3 aromatic carbocycles. The number of carbonyl (C=O) groups excluding carboxylic acids is 1. The fourth-order valence-electron chi connectivity index (χ4n) is 3.00. The molecule has 4 rings (SSSR count). The number of rotatable bonds is 6. The molecule has 0 aliphatic carbocycles. The number of aromatic nitrogens is 3. The van der Waals surface area contributed by atoms with E-state index in [9.17, 15) is 4.79 Å². The van der Waals surface area contributed by atoms with E-state index in [0.29, 0.717) is 31.7 Å². The summed E-state index contributed by atoms with van der Waals surface area (Å²) in [6.45, 7) is 1.95. The first-order chi connectivity index (χ1) is 15.4. The summed E-state index contributed by atoms with van der Waals surface area (Å²) in [6, 6.07) is 20.4. The predicted octanol–water partition coefficient (Wildman–Crippen LogP) is 6.93. The van der Waals surface area contributed by atoms with Crippen LogP contribution >= 0.6 is 46.6 Å². The van der Waals surface area contributed by atoms with Gasteiger partial charge in [0.05, 0.1) is 16.5 Å². The summed E-state index contributed by atoms with van der Waals surface area (Å²) in [5.41, 5.74) is 3.20. The average Bonchev–Trinajstić information content (AvgIpc) is 3.21. The molecule has 0 saturated carbocycles. The zero-order valence-electron chi connectivity index (χ0n) is 16.8. The Bertz CT molecular complexity index is 1280. The van der Waals surface area contributed by atoms with Crippen LogP contribution in [-0.2, 0) is 4.79 Å². The van der Waals surface area contributed by atoms with Crippen LogP contribution in [0.15, 0.2) is 71.9 Å². The van der Waals surface area contributed by atoms with Crippen LogP contribution in [0.2, 0.25) is 15.1 Å². The molecule has 0 bridgehead atoms. The SMILES string of the molecule is Cc1ccc(-c2nnc(SCC(=O)Nc3ccc(Cl)cc3Cl)n2-c2ccccc2)cc1Cl. The number of carbonyl (C=O) groups is 1. The predicted molar refractivity (Wildman–Crippen MR) is 132 cm³/mol. The van der Waals surface area contributed by atoms with Gasteiger partial charge in [-0.05, 0) is 48.9 Å². The lowest BCUT2D eigenvalue weighted by Gasteiger charge is -2.11. The maximum absolute atomic E-state index is 12.5. The standard InChI is InChI=1S/C23H17Cl3N4OS/c1-14-7-8-15(11-18(14)25)22-28-29-23(30(22)17-5-3-2-4-6-17)32-13-21(31)27-20-10-9-16(24)12-19(20)26/h2-12H,13H2,1H3,(H,27,31). The molecule has 1 N–H and O–H groups in total. The molecule has 5 nitrogen and oxygen atoms in total. The quantitative estimate of drug-likeness (QED) is 0.290. The fourth-order valence-corrected chi connectivity index (χ4v) is 4.39. The van der Waals surface area contributed by atoms with Crippen LogP contribution in [0.5, 0.6) is 0 Å². The maximum Gasteiger partial charge on any atom is 0.234 e. The summed E-state index contributed by atoms with van der Waals surface area (Å²) in [4.78, 5) is 12.5. The van der Waals surface area contributed by atoms with E-state index in [1.807, 2.05) is 60.0 Å². The second-order valence-corrected chi connectivity index (χ2v) is 9.10. The monoisotopic (exact) mass is 502 g/mol. The van der Waals surface area contributed by atoms with Crippen molar-refractivity contribution in [1.82, 2.24) is 14.8 Å². The van der Waals surface area contributed by atoms with E-state index in [1.165, 1.54) is 11.8 Å². The van der Waals surface area contributed by atoms with Gasteiger partial charge < -0.3 is 5.32 Å². The number of hydrogen-bond acceptors (Lipinski definition) is 4. The number of aryl methyl sites for hydroxylation is 1. The Labute approximate surface area is 204 Å². The Morgan fingerprint density at radius 3 is 2.47 bits per heavy atom. The Balaban J connectivity index is 1.60. The number of thioether (sulfide) groups is 1. The third kappa shape index (κ3) is 5.10. The van der Waals surface area contributed by atoms with E-state index in [1.54, 1.807) is 18.2 Å². The van der Waals surface area contributed by atoms with Crippen molar-refractivity contribution in [1.29, 1.82) is 0 Å². The number of hydrogen-bond donors (Lipinski definition) is 1. The molecule has 9 heteroatoms. The van der Waals surface area contributed by atoms with Gasteiger partial charge in [-0.1, -0.05) is 76.9 Å². The van der Waals surface area contributed by atoms with E-state index in [0.717, 1.165) is 16.8 Å². The molecule has 0 fully saturated rings. The van der Waals surface area contributed by atoms with Crippen LogP contribution in [0.3, 0.4) is 0 Å². The molecule has 0 saturated heterocycles. The van der Waals surface area contributed by atoms with Crippen LogP contribution in [0.25, 0.3) is 17.1 Å². The van der Waals surface area contributed by atoms with E-state index >= 15 is 0 Å². The number of nitrogens with one attached hydrogen (secondary N) is 1. The second-order valence-electron chi connectivity index (χ2n) is 6.90. The summed E-state index contributed by atoms with van der Waals surface area (Å²) in [7, 11) is 0. The fraction of sp³-hybridized carbons (Fsp3) is 0.0870. The summed E-state index contributed by atoms with van der Waals surface area (Å²) in [5.74, 6) is 0.544. The minimum Gasteiger partial charge on any atom is -0.324 e. The molecule has 0 spiro atoms. The topological polar surface area (TPSA) is 59.8 Å². The molecule has 32 heavy (non-hydrogen) atoms. The first kappa shape index (κ1) is 22.7. The van der Waals surface area contributed by atoms with Crippen molar-refractivity contribution in [2.75, 3.05) is 11.1 Å². The molecule has 1 heterocycles. The normalized spacial score (nSPS) is 10.9.